The highest BCUT2D eigenvalue weighted by atomic mass is 19.1. The third-order valence-electron chi connectivity index (χ3n) is 5.55. The van der Waals surface area contributed by atoms with E-state index >= 15 is 0 Å². The zero-order valence-electron chi connectivity index (χ0n) is 17.5. The smallest absolute Gasteiger partial charge is 0.152 e. The van der Waals surface area contributed by atoms with E-state index in [2.05, 4.69) is 37.9 Å². The second-order valence-corrected chi connectivity index (χ2v) is 8.73. The normalized spacial score (nSPS) is 12.0. The zero-order valence-corrected chi connectivity index (χ0v) is 17.5. The SMILES string of the molecule is CC(C)(C)c1ccc(-n2nc(-c3ccccc3)c3cnc4c(F)cc(F)cc4c32)cc1. The molecule has 2 aromatic heterocycles. The molecular weight excluding hydrogens is 392 g/mol. The first kappa shape index (κ1) is 19.4. The third-order valence-corrected chi connectivity index (χ3v) is 5.55. The van der Waals surface area contributed by atoms with Crippen LogP contribution in [0.15, 0.2) is 72.9 Å². The molecule has 0 saturated carbocycles. The summed E-state index contributed by atoms with van der Waals surface area (Å²) in [4.78, 5) is 4.29. The van der Waals surface area contributed by atoms with Gasteiger partial charge in [-0.25, -0.2) is 13.5 Å². The molecule has 0 amide bonds. The topological polar surface area (TPSA) is 30.7 Å². The maximum absolute atomic E-state index is 14.5. The van der Waals surface area contributed by atoms with E-state index in [1.165, 1.54) is 11.6 Å². The van der Waals surface area contributed by atoms with E-state index < -0.39 is 11.6 Å². The lowest BCUT2D eigenvalue weighted by molar-refractivity contribution is 0.589. The van der Waals surface area contributed by atoms with Crippen LogP contribution in [0.5, 0.6) is 0 Å². The van der Waals surface area contributed by atoms with Crippen molar-refractivity contribution in [2.24, 2.45) is 0 Å². The summed E-state index contributed by atoms with van der Waals surface area (Å²) >= 11 is 0. The van der Waals surface area contributed by atoms with Crippen molar-refractivity contribution >= 4 is 21.8 Å². The van der Waals surface area contributed by atoms with Crippen LogP contribution in [0.3, 0.4) is 0 Å². The minimum atomic E-state index is -0.686. The molecule has 0 saturated heterocycles. The molecule has 0 N–H and O–H groups in total. The van der Waals surface area contributed by atoms with Crippen LogP contribution in [-0.2, 0) is 5.41 Å². The highest BCUT2D eigenvalue weighted by molar-refractivity contribution is 6.08. The molecule has 0 fully saturated rings. The Morgan fingerprint density at radius 1 is 0.839 bits per heavy atom. The third kappa shape index (κ3) is 3.26. The molecule has 0 radical (unpaired) electrons. The molecule has 5 rings (SSSR count). The van der Waals surface area contributed by atoms with Crippen LogP contribution in [0, 0.1) is 11.6 Å². The van der Waals surface area contributed by atoms with Crippen molar-refractivity contribution in [3.8, 4) is 16.9 Å². The van der Waals surface area contributed by atoms with Gasteiger partial charge in [-0.2, -0.15) is 5.10 Å². The van der Waals surface area contributed by atoms with Gasteiger partial charge in [-0.15, -0.1) is 0 Å². The van der Waals surface area contributed by atoms with Crippen LogP contribution < -0.4 is 0 Å². The van der Waals surface area contributed by atoms with E-state index in [4.69, 9.17) is 5.10 Å². The van der Waals surface area contributed by atoms with Gasteiger partial charge in [0.2, 0.25) is 0 Å². The molecule has 3 nitrogen and oxygen atoms in total. The number of aromatic nitrogens is 3. The summed E-state index contributed by atoms with van der Waals surface area (Å²) in [6, 6.07) is 20.0. The summed E-state index contributed by atoms with van der Waals surface area (Å²) < 4.78 is 30.4. The van der Waals surface area contributed by atoms with Gasteiger partial charge in [0, 0.05) is 28.6 Å². The summed E-state index contributed by atoms with van der Waals surface area (Å²) in [5.41, 5.74) is 4.41. The van der Waals surface area contributed by atoms with Gasteiger partial charge in [0.25, 0.3) is 0 Å². The van der Waals surface area contributed by atoms with E-state index in [1.54, 1.807) is 10.9 Å². The first-order valence-electron chi connectivity index (χ1n) is 10.2. The molecule has 5 aromatic rings. The van der Waals surface area contributed by atoms with Crippen LogP contribution in [0.25, 0.3) is 38.8 Å². The van der Waals surface area contributed by atoms with E-state index in [1.807, 2.05) is 42.5 Å². The number of halogens is 2. The Hall–Kier alpha value is -3.60. The molecule has 154 valence electrons. The monoisotopic (exact) mass is 413 g/mol. The number of fused-ring (bicyclic) bond motifs is 3. The summed E-state index contributed by atoms with van der Waals surface area (Å²) in [6.07, 6.45) is 1.62. The Balaban J connectivity index is 1.86. The summed E-state index contributed by atoms with van der Waals surface area (Å²) in [6.45, 7) is 6.47. The van der Waals surface area contributed by atoms with Crippen molar-refractivity contribution < 1.29 is 8.78 Å². The van der Waals surface area contributed by atoms with Crippen molar-refractivity contribution in [1.82, 2.24) is 14.8 Å². The number of rotatable bonds is 2. The molecule has 0 aliphatic heterocycles. The Kier molecular flexibility index (Phi) is 4.36. The number of benzene rings is 3. The van der Waals surface area contributed by atoms with Crippen LogP contribution >= 0.6 is 0 Å². The summed E-state index contributed by atoms with van der Waals surface area (Å²) in [7, 11) is 0. The van der Waals surface area contributed by atoms with Gasteiger partial charge in [0.05, 0.1) is 11.2 Å². The Labute approximate surface area is 179 Å². The Morgan fingerprint density at radius 2 is 1.55 bits per heavy atom. The second kappa shape index (κ2) is 6.98. The van der Waals surface area contributed by atoms with Crippen molar-refractivity contribution in [2.75, 3.05) is 0 Å². The first-order chi connectivity index (χ1) is 14.8. The maximum Gasteiger partial charge on any atom is 0.152 e. The number of hydrogen-bond acceptors (Lipinski definition) is 2. The maximum atomic E-state index is 14.5. The van der Waals surface area contributed by atoms with E-state index in [9.17, 15) is 8.78 Å². The molecule has 2 heterocycles. The van der Waals surface area contributed by atoms with Gasteiger partial charge in [-0.05, 0) is 29.2 Å². The molecule has 0 atom stereocenters. The molecule has 0 unspecified atom stereocenters. The minimum Gasteiger partial charge on any atom is -0.252 e. The molecule has 5 heteroatoms. The molecular formula is C26H21F2N3. The van der Waals surface area contributed by atoms with Crippen molar-refractivity contribution in [1.29, 1.82) is 0 Å². The zero-order chi connectivity index (χ0) is 21.8. The van der Waals surface area contributed by atoms with Gasteiger partial charge < -0.3 is 0 Å². The highest BCUT2D eigenvalue weighted by Gasteiger charge is 2.20. The van der Waals surface area contributed by atoms with Crippen molar-refractivity contribution in [2.45, 2.75) is 26.2 Å². The molecule has 0 aliphatic carbocycles. The summed E-state index contributed by atoms with van der Waals surface area (Å²) in [5, 5.41) is 6.00. The fourth-order valence-corrected chi connectivity index (χ4v) is 3.92. The Morgan fingerprint density at radius 3 is 2.23 bits per heavy atom. The highest BCUT2D eigenvalue weighted by Crippen LogP contribution is 2.35. The predicted molar refractivity (Wildman–Crippen MR) is 120 cm³/mol. The summed E-state index contributed by atoms with van der Waals surface area (Å²) in [5.74, 6) is -1.33. The molecule has 3 aromatic carbocycles. The fraction of sp³-hybridized carbons (Fsp3) is 0.154. The number of nitrogens with zero attached hydrogens (tertiary/aromatic N) is 3. The van der Waals surface area contributed by atoms with E-state index in [-0.39, 0.29) is 10.9 Å². The van der Waals surface area contributed by atoms with E-state index in [0.29, 0.717) is 10.9 Å². The van der Waals surface area contributed by atoms with Crippen LogP contribution in [0.4, 0.5) is 8.78 Å². The van der Waals surface area contributed by atoms with Crippen LogP contribution in [-0.4, -0.2) is 14.8 Å². The molecule has 0 bridgehead atoms. The quantitative estimate of drug-likeness (QED) is 0.318. The first-order valence-corrected chi connectivity index (χ1v) is 10.2. The van der Waals surface area contributed by atoms with Crippen LogP contribution in [0.2, 0.25) is 0 Å². The lowest BCUT2D eigenvalue weighted by Gasteiger charge is -2.19. The van der Waals surface area contributed by atoms with Gasteiger partial charge in [0.15, 0.2) is 5.82 Å². The van der Waals surface area contributed by atoms with Crippen LogP contribution in [0.1, 0.15) is 26.3 Å². The number of hydrogen-bond donors (Lipinski definition) is 0. The van der Waals surface area contributed by atoms with Gasteiger partial charge in [-0.1, -0.05) is 63.2 Å². The van der Waals surface area contributed by atoms with Gasteiger partial charge >= 0.3 is 0 Å². The second-order valence-electron chi connectivity index (χ2n) is 8.73. The average Bonchev–Trinajstić information content (AvgIpc) is 3.14. The molecule has 31 heavy (non-hydrogen) atoms. The largest absolute Gasteiger partial charge is 0.252 e. The standard InChI is InChI=1S/C26H21F2N3/c1-26(2,3)17-9-11-19(12-10-17)31-25-20-13-18(27)14-22(28)24(20)29-15-21(25)23(30-31)16-7-5-4-6-8-16/h4-15H,1-3H3. The predicted octanol–water partition coefficient (Wildman–Crippen LogP) is 6.82. The van der Waals surface area contributed by atoms with Crippen molar-refractivity contribution in [3.63, 3.8) is 0 Å². The Bertz CT molecular complexity index is 1410. The fourth-order valence-electron chi connectivity index (χ4n) is 3.92. The lowest BCUT2D eigenvalue weighted by atomic mass is 9.87. The lowest BCUT2D eigenvalue weighted by Crippen LogP contribution is -2.11. The molecule has 0 aliphatic rings. The van der Waals surface area contributed by atoms with E-state index in [0.717, 1.165) is 28.4 Å². The number of pyridine rings is 1. The van der Waals surface area contributed by atoms with Gasteiger partial charge in [-0.3, -0.25) is 4.98 Å². The molecule has 0 spiro atoms. The minimum absolute atomic E-state index is 0.0167. The average molecular weight is 413 g/mol. The van der Waals surface area contributed by atoms with Crippen molar-refractivity contribution in [3.05, 3.63) is 90.1 Å². The van der Waals surface area contributed by atoms with Gasteiger partial charge in [0.1, 0.15) is 17.0 Å².